The van der Waals surface area contributed by atoms with E-state index in [9.17, 15) is 0 Å². The van der Waals surface area contributed by atoms with E-state index in [0.717, 1.165) is 36.4 Å². The molecule has 1 atom stereocenters. The Labute approximate surface area is 97.6 Å². The number of hydrogen-bond donors (Lipinski definition) is 2. The van der Waals surface area contributed by atoms with Gasteiger partial charge < -0.3 is 15.6 Å². The molecular formula is C10H12ClN5. The average Bonchev–Trinajstić information content (AvgIpc) is 2.86. The van der Waals surface area contributed by atoms with Gasteiger partial charge in [0.2, 0.25) is 0 Å². The van der Waals surface area contributed by atoms with Gasteiger partial charge in [-0.05, 0) is 6.42 Å². The molecule has 1 saturated heterocycles. The van der Waals surface area contributed by atoms with Crippen molar-refractivity contribution in [3.05, 3.63) is 17.5 Å². The third-order valence-electron chi connectivity index (χ3n) is 2.93. The minimum absolute atomic E-state index is 0.225. The van der Waals surface area contributed by atoms with Crippen LogP contribution in [0.15, 0.2) is 12.5 Å². The summed E-state index contributed by atoms with van der Waals surface area (Å²) < 4.78 is 0. The number of fused-ring (bicyclic) bond motifs is 1. The Kier molecular flexibility index (Phi) is 2.22. The highest BCUT2D eigenvalue weighted by Crippen LogP contribution is 2.30. The van der Waals surface area contributed by atoms with Crippen LogP contribution in [0.5, 0.6) is 0 Å². The Hall–Kier alpha value is -1.33. The number of nitrogens with one attached hydrogen (secondary N) is 1. The maximum Gasteiger partial charge on any atom is 0.144 e. The van der Waals surface area contributed by atoms with Crippen LogP contribution in [0.25, 0.3) is 11.0 Å². The second kappa shape index (κ2) is 3.61. The largest absolute Gasteiger partial charge is 0.354 e. The maximum absolute atomic E-state index is 6.12. The van der Waals surface area contributed by atoms with Crippen LogP contribution in [0.4, 0.5) is 5.82 Å². The smallest absolute Gasteiger partial charge is 0.144 e. The molecular weight excluding hydrogens is 226 g/mol. The van der Waals surface area contributed by atoms with Gasteiger partial charge in [0.1, 0.15) is 17.8 Å². The van der Waals surface area contributed by atoms with E-state index in [-0.39, 0.29) is 6.04 Å². The Balaban J connectivity index is 2.12. The predicted molar refractivity (Wildman–Crippen MR) is 63.7 cm³/mol. The van der Waals surface area contributed by atoms with Gasteiger partial charge in [0.15, 0.2) is 0 Å². The minimum Gasteiger partial charge on any atom is -0.354 e. The monoisotopic (exact) mass is 237 g/mol. The fourth-order valence-electron chi connectivity index (χ4n) is 2.13. The molecule has 2 aromatic rings. The fraction of sp³-hybridized carbons (Fsp3) is 0.400. The number of anilines is 1. The number of nitrogens with zero attached hydrogens (tertiary/aromatic N) is 3. The molecule has 0 aliphatic carbocycles. The van der Waals surface area contributed by atoms with E-state index >= 15 is 0 Å². The molecule has 0 radical (unpaired) electrons. The summed E-state index contributed by atoms with van der Waals surface area (Å²) in [6, 6.07) is 0.225. The SMILES string of the molecule is N[C@H]1CCN(c2ncnc3[nH]cc(Cl)c23)C1. The molecule has 5 nitrogen and oxygen atoms in total. The first-order valence-electron chi connectivity index (χ1n) is 5.24. The number of halogens is 1. The lowest BCUT2D eigenvalue weighted by molar-refractivity contribution is 0.751. The standard InChI is InChI=1S/C10H12ClN5/c11-7-3-13-9-8(7)10(15-5-14-9)16-2-1-6(12)4-16/h3,5-6H,1-2,4,12H2,(H,13,14,15)/t6-/m0/s1. The van der Waals surface area contributed by atoms with Crippen molar-refractivity contribution in [1.82, 2.24) is 15.0 Å². The van der Waals surface area contributed by atoms with E-state index < -0.39 is 0 Å². The number of H-pyrrole nitrogens is 1. The van der Waals surface area contributed by atoms with Gasteiger partial charge in [0, 0.05) is 25.3 Å². The molecule has 0 spiro atoms. The molecule has 1 fully saturated rings. The lowest BCUT2D eigenvalue weighted by Crippen LogP contribution is -2.27. The third kappa shape index (κ3) is 1.44. The molecule has 1 aliphatic rings. The van der Waals surface area contributed by atoms with Gasteiger partial charge in [0.05, 0.1) is 10.4 Å². The summed E-state index contributed by atoms with van der Waals surface area (Å²) in [7, 11) is 0. The topological polar surface area (TPSA) is 70.8 Å². The van der Waals surface area contributed by atoms with Crippen LogP contribution in [0.1, 0.15) is 6.42 Å². The van der Waals surface area contributed by atoms with Gasteiger partial charge in [-0.15, -0.1) is 0 Å². The minimum atomic E-state index is 0.225. The summed E-state index contributed by atoms with van der Waals surface area (Å²) in [5.74, 6) is 0.879. The molecule has 16 heavy (non-hydrogen) atoms. The zero-order valence-corrected chi connectivity index (χ0v) is 9.41. The van der Waals surface area contributed by atoms with Crippen molar-refractivity contribution in [2.24, 2.45) is 5.73 Å². The van der Waals surface area contributed by atoms with Crippen LogP contribution in [0.2, 0.25) is 5.02 Å². The van der Waals surface area contributed by atoms with Crippen LogP contribution in [-0.2, 0) is 0 Å². The van der Waals surface area contributed by atoms with E-state index in [4.69, 9.17) is 17.3 Å². The maximum atomic E-state index is 6.12. The van der Waals surface area contributed by atoms with Crippen molar-refractivity contribution < 1.29 is 0 Å². The van der Waals surface area contributed by atoms with E-state index in [1.54, 1.807) is 12.5 Å². The van der Waals surface area contributed by atoms with Crippen LogP contribution < -0.4 is 10.6 Å². The van der Waals surface area contributed by atoms with Gasteiger partial charge in [-0.2, -0.15) is 0 Å². The second-order valence-corrected chi connectivity index (χ2v) is 4.46. The Morgan fingerprint density at radius 3 is 3.12 bits per heavy atom. The lowest BCUT2D eigenvalue weighted by Gasteiger charge is -2.17. The number of hydrogen-bond acceptors (Lipinski definition) is 4. The summed E-state index contributed by atoms with van der Waals surface area (Å²) in [4.78, 5) is 13.6. The molecule has 0 unspecified atom stereocenters. The number of nitrogens with two attached hydrogens (primary N) is 1. The van der Waals surface area contributed by atoms with Crippen LogP contribution in [0.3, 0.4) is 0 Å². The number of aromatic amines is 1. The van der Waals surface area contributed by atoms with E-state index in [1.807, 2.05) is 0 Å². The highest BCUT2D eigenvalue weighted by molar-refractivity contribution is 6.36. The molecule has 1 aliphatic heterocycles. The quantitative estimate of drug-likeness (QED) is 0.781. The third-order valence-corrected chi connectivity index (χ3v) is 3.22. The molecule has 2 aromatic heterocycles. The van der Waals surface area contributed by atoms with Gasteiger partial charge >= 0.3 is 0 Å². The molecule has 0 saturated carbocycles. The number of rotatable bonds is 1. The van der Waals surface area contributed by atoms with Crippen molar-refractivity contribution >= 4 is 28.5 Å². The molecule has 0 aromatic carbocycles. The highest BCUT2D eigenvalue weighted by atomic mass is 35.5. The van der Waals surface area contributed by atoms with Crippen molar-refractivity contribution in [1.29, 1.82) is 0 Å². The first kappa shape index (κ1) is 9.86. The van der Waals surface area contributed by atoms with Crippen molar-refractivity contribution in [3.63, 3.8) is 0 Å². The van der Waals surface area contributed by atoms with E-state index in [2.05, 4.69) is 19.9 Å². The van der Waals surface area contributed by atoms with Gasteiger partial charge in [0.25, 0.3) is 0 Å². The Morgan fingerprint density at radius 2 is 2.38 bits per heavy atom. The molecule has 3 N–H and O–H groups in total. The molecule has 84 valence electrons. The van der Waals surface area contributed by atoms with Gasteiger partial charge in [-0.1, -0.05) is 11.6 Å². The summed E-state index contributed by atoms with van der Waals surface area (Å²) in [6.07, 6.45) is 4.28. The van der Waals surface area contributed by atoms with E-state index in [1.165, 1.54) is 0 Å². The second-order valence-electron chi connectivity index (χ2n) is 4.05. The Bertz CT molecular complexity index is 523. The summed E-state index contributed by atoms with van der Waals surface area (Å²) in [6.45, 7) is 1.75. The van der Waals surface area contributed by atoms with E-state index in [0.29, 0.717) is 5.02 Å². The van der Waals surface area contributed by atoms with Crippen molar-refractivity contribution in [3.8, 4) is 0 Å². The first-order chi connectivity index (χ1) is 7.75. The summed E-state index contributed by atoms with van der Waals surface area (Å²) in [5.41, 5.74) is 6.67. The van der Waals surface area contributed by atoms with Crippen molar-refractivity contribution in [2.45, 2.75) is 12.5 Å². The fourth-order valence-corrected chi connectivity index (χ4v) is 2.36. The molecule has 3 rings (SSSR count). The van der Waals surface area contributed by atoms with Crippen LogP contribution in [0, 0.1) is 0 Å². The number of aromatic nitrogens is 3. The lowest BCUT2D eigenvalue weighted by atomic mass is 10.3. The van der Waals surface area contributed by atoms with Crippen LogP contribution >= 0.6 is 11.6 Å². The first-order valence-corrected chi connectivity index (χ1v) is 5.61. The normalized spacial score (nSPS) is 20.9. The average molecular weight is 238 g/mol. The van der Waals surface area contributed by atoms with Crippen LogP contribution in [-0.4, -0.2) is 34.1 Å². The molecule has 6 heteroatoms. The Morgan fingerprint density at radius 1 is 1.50 bits per heavy atom. The van der Waals surface area contributed by atoms with Gasteiger partial charge in [-0.25, -0.2) is 9.97 Å². The molecule has 0 bridgehead atoms. The zero-order valence-electron chi connectivity index (χ0n) is 8.65. The predicted octanol–water partition coefficient (Wildman–Crippen LogP) is 1.15. The van der Waals surface area contributed by atoms with Gasteiger partial charge in [-0.3, -0.25) is 0 Å². The molecule has 0 amide bonds. The summed E-state index contributed by atoms with van der Waals surface area (Å²) in [5, 5.41) is 1.55. The summed E-state index contributed by atoms with van der Waals surface area (Å²) >= 11 is 6.12. The highest BCUT2D eigenvalue weighted by Gasteiger charge is 2.23. The molecule has 3 heterocycles. The zero-order chi connectivity index (χ0) is 11.1. The van der Waals surface area contributed by atoms with Crippen molar-refractivity contribution in [2.75, 3.05) is 18.0 Å².